The molecule has 8 N–H and O–H groups in total. The molecule has 356 valence electrons. The minimum atomic E-state index is -0.523. The average Bonchev–Trinajstić information content (AvgIpc) is 3.24. The van der Waals surface area contributed by atoms with Crippen LogP contribution in [0.25, 0.3) is 0 Å². The molecule has 0 aromatic carbocycles. The molecule has 14 atom stereocenters. The van der Waals surface area contributed by atoms with E-state index < -0.39 is 6.10 Å². The normalized spacial score (nSPS) is 37.6. The number of nitrogens with zero attached hydrogens (tertiary/aromatic N) is 3. The third-order valence-electron chi connectivity index (χ3n) is 14.1. The second kappa shape index (κ2) is 26.1. The summed E-state index contributed by atoms with van der Waals surface area (Å²) in [5.41, 5.74) is 0. The molecule has 2 heterocycles. The predicted octanol–water partition coefficient (Wildman–Crippen LogP) is 1.50. The number of nitrogens with one attached hydrogen (secondary N) is 7. The van der Waals surface area contributed by atoms with Crippen molar-refractivity contribution in [3.63, 3.8) is 0 Å². The molecule has 2 saturated heterocycles. The molecule has 3 saturated carbocycles. The van der Waals surface area contributed by atoms with Gasteiger partial charge in [0.25, 0.3) is 0 Å². The quantitative estimate of drug-likeness (QED) is 0.0545. The van der Waals surface area contributed by atoms with Crippen LogP contribution in [0.15, 0.2) is 0 Å². The van der Waals surface area contributed by atoms with Crippen LogP contribution in [0.3, 0.4) is 0 Å². The number of rotatable bonds is 23. The number of hydrogen-bond donors (Lipinski definition) is 8. The highest BCUT2D eigenvalue weighted by Gasteiger charge is 2.45. The van der Waals surface area contributed by atoms with Crippen LogP contribution in [0.5, 0.6) is 0 Å². The van der Waals surface area contributed by atoms with E-state index in [9.17, 15) is 9.90 Å². The molecule has 5 aliphatic rings. The van der Waals surface area contributed by atoms with Gasteiger partial charge in [-0.05, 0) is 87.4 Å². The molecule has 3 aliphatic carbocycles. The van der Waals surface area contributed by atoms with Crippen LogP contribution < -0.4 is 37.2 Å². The molecule has 61 heavy (non-hydrogen) atoms. The van der Waals surface area contributed by atoms with Gasteiger partial charge in [0, 0.05) is 47.4 Å². The van der Waals surface area contributed by atoms with E-state index >= 15 is 0 Å². The Morgan fingerprint density at radius 2 is 1.18 bits per heavy atom. The molecule has 5 fully saturated rings. The molecule has 1 amide bonds. The molecular weight excluding hydrogens is 785 g/mol. The summed E-state index contributed by atoms with van der Waals surface area (Å²) in [7, 11) is 6.55. The first kappa shape index (κ1) is 50.8. The van der Waals surface area contributed by atoms with Gasteiger partial charge in [-0.25, -0.2) is 9.80 Å². The molecule has 0 aromatic heterocycles. The number of aliphatic hydroxyl groups is 1. The van der Waals surface area contributed by atoms with Crippen molar-refractivity contribution in [2.24, 2.45) is 41.4 Å². The van der Waals surface area contributed by atoms with Gasteiger partial charge < -0.3 is 38.4 Å². The number of carbonyl (C=O) groups is 1. The van der Waals surface area contributed by atoms with Crippen LogP contribution >= 0.6 is 0 Å². The van der Waals surface area contributed by atoms with E-state index in [2.05, 4.69) is 64.9 Å². The second-order valence-electron chi connectivity index (χ2n) is 18.8. The smallest absolute Gasteiger partial charge is 0.248 e. The first-order valence-electron chi connectivity index (χ1n) is 23.4. The lowest BCUT2D eigenvalue weighted by Crippen LogP contribution is -2.78. The number of methoxy groups -OCH3 is 4. The molecule has 0 radical (unpaired) electrons. The molecule has 18 heteroatoms. The molecule has 2 aliphatic heterocycles. The van der Waals surface area contributed by atoms with Gasteiger partial charge in [-0.3, -0.25) is 42.0 Å². The Kier molecular flexibility index (Phi) is 21.7. The van der Waals surface area contributed by atoms with E-state index in [-0.39, 0.29) is 75.4 Å². The van der Waals surface area contributed by atoms with E-state index in [0.717, 1.165) is 24.7 Å². The van der Waals surface area contributed by atoms with Crippen molar-refractivity contribution in [2.45, 2.75) is 142 Å². The Morgan fingerprint density at radius 1 is 0.656 bits per heavy atom. The number of likely N-dealkylation sites (N-methyl/N-ethyl adjacent to an activating group) is 1. The Hall–Kier alpha value is -1.17. The van der Waals surface area contributed by atoms with Gasteiger partial charge in [-0.1, -0.05) is 40.5 Å². The van der Waals surface area contributed by atoms with E-state index in [4.69, 9.17) is 28.4 Å². The van der Waals surface area contributed by atoms with Gasteiger partial charge in [0.15, 0.2) is 0 Å². The highest BCUT2D eigenvalue weighted by Crippen LogP contribution is 2.40. The molecule has 5 rings (SSSR count). The minimum Gasteiger partial charge on any atom is -0.393 e. The molecule has 18 nitrogen and oxygen atoms in total. The van der Waals surface area contributed by atoms with Crippen LogP contribution in [0, 0.1) is 41.4 Å². The maximum absolute atomic E-state index is 13.4. The van der Waals surface area contributed by atoms with Crippen LogP contribution in [-0.4, -0.2) is 164 Å². The SMILES string of the molecule is CCN(CCOCN(COC)C1NC(NCOC)NC(N(COC)COC)N1)C(=O)COC1CCC(C2NC(C3CCC(C)CC3C)NC(C3CCC(C)CC3C)N2)C(O)C1. The molecule has 14 unspecified atom stereocenters. The van der Waals surface area contributed by atoms with E-state index in [1.54, 1.807) is 33.3 Å². The third kappa shape index (κ3) is 14.9. The number of ether oxygens (including phenoxy) is 6. The standard InChI is InChI=1S/C43H86N10O8/c1-10-51(17-18-60-27-53(26-59-9)43-49-41(44-23-56-6)48-42(50-43)52(24-57-7)25-58-8)37(55)22-61-32-13-16-35(36(54)21-32)40-46-38(33-14-11-28(2)19-30(33)4)45-39(47-40)34-15-12-29(3)20-31(34)5/h28-36,38-50,54H,10-27H2,1-9H3. The van der Waals surface area contributed by atoms with Gasteiger partial charge in [0.05, 0.1) is 44.0 Å². The van der Waals surface area contributed by atoms with Crippen LogP contribution in [0.4, 0.5) is 0 Å². The second-order valence-corrected chi connectivity index (χ2v) is 18.8. The zero-order chi connectivity index (χ0) is 43.9. The van der Waals surface area contributed by atoms with Gasteiger partial charge in [0.2, 0.25) is 5.91 Å². The van der Waals surface area contributed by atoms with E-state index in [1.165, 1.54) is 38.5 Å². The van der Waals surface area contributed by atoms with Crippen molar-refractivity contribution in [3.05, 3.63) is 0 Å². The summed E-state index contributed by atoms with van der Waals surface area (Å²) in [6.45, 7) is 14.4. The maximum atomic E-state index is 13.4. The van der Waals surface area contributed by atoms with Crippen LogP contribution in [0.1, 0.15) is 92.4 Å². The number of amides is 1. The van der Waals surface area contributed by atoms with Gasteiger partial charge >= 0.3 is 0 Å². The predicted molar refractivity (Wildman–Crippen MR) is 233 cm³/mol. The lowest BCUT2D eigenvalue weighted by atomic mass is 9.71. The number of aliphatic hydroxyl groups excluding tert-OH is 1. The third-order valence-corrected chi connectivity index (χ3v) is 14.1. The first-order valence-corrected chi connectivity index (χ1v) is 23.4. The van der Waals surface area contributed by atoms with Crippen molar-refractivity contribution in [3.8, 4) is 0 Å². The highest BCUT2D eigenvalue weighted by atomic mass is 16.5. The topological polar surface area (TPSA) is 187 Å². The fourth-order valence-corrected chi connectivity index (χ4v) is 10.8. The number of hydrogen-bond acceptors (Lipinski definition) is 17. The summed E-state index contributed by atoms with van der Waals surface area (Å²) in [6.07, 6.45) is 8.56. The fraction of sp³-hybridized carbons (Fsp3) is 0.977. The van der Waals surface area contributed by atoms with Gasteiger partial charge in [-0.15, -0.1) is 0 Å². The Bertz CT molecular complexity index is 1210. The highest BCUT2D eigenvalue weighted by molar-refractivity contribution is 5.77. The van der Waals surface area contributed by atoms with Crippen molar-refractivity contribution in [1.82, 2.24) is 51.9 Å². The molecule has 0 bridgehead atoms. The van der Waals surface area contributed by atoms with Crippen molar-refractivity contribution >= 4 is 5.91 Å². The lowest BCUT2D eigenvalue weighted by molar-refractivity contribution is -0.143. The van der Waals surface area contributed by atoms with Gasteiger partial charge in [0.1, 0.15) is 52.4 Å². The van der Waals surface area contributed by atoms with E-state index in [1.807, 2.05) is 16.7 Å². The Morgan fingerprint density at radius 3 is 1.67 bits per heavy atom. The lowest BCUT2D eigenvalue weighted by Gasteiger charge is -2.52. The summed E-state index contributed by atoms with van der Waals surface area (Å²) in [4.78, 5) is 19.1. The maximum Gasteiger partial charge on any atom is 0.248 e. The van der Waals surface area contributed by atoms with Crippen molar-refractivity contribution in [1.29, 1.82) is 0 Å². The largest absolute Gasteiger partial charge is 0.393 e. The minimum absolute atomic E-state index is 0.0186. The van der Waals surface area contributed by atoms with Crippen molar-refractivity contribution < 1.29 is 38.3 Å². The van der Waals surface area contributed by atoms with Gasteiger partial charge in [-0.2, -0.15) is 0 Å². The zero-order valence-corrected chi connectivity index (χ0v) is 39.0. The summed E-state index contributed by atoms with van der Waals surface area (Å²) >= 11 is 0. The van der Waals surface area contributed by atoms with E-state index in [0.29, 0.717) is 70.0 Å². The average molecular weight is 871 g/mol. The Labute approximate surface area is 367 Å². The Balaban J connectivity index is 1.09. The summed E-state index contributed by atoms with van der Waals surface area (Å²) in [5.74, 6) is 4.02. The van der Waals surface area contributed by atoms with Crippen LogP contribution in [-0.2, 0) is 33.2 Å². The monoisotopic (exact) mass is 871 g/mol. The first-order chi connectivity index (χ1) is 29.5. The fourth-order valence-electron chi connectivity index (χ4n) is 10.8. The summed E-state index contributed by atoms with van der Waals surface area (Å²) < 4.78 is 34.0. The zero-order valence-electron chi connectivity index (χ0n) is 39.0. The molecule has 0 aromatic rings. The number of carbonyl (C=O) groups excluding carboxylic acids is 1. The van der Waals surface area contributed by atoms with Crippen LogP contribution in [0.2, 0.25) is 0 Å². The molecular formula is C43H86N10O8. The summed E-state index contributed by atoms with van der Waals surface area (Å²) in [5, 5.41) is 37.5. The summed E-state index contributed by atoms with van der Waals surface area (Å²) in [6, 6.07) is 0. The molecule has 0 spiro atoms. The van der Waals surface area contributed by atoms with Crippen molar-refractivity contribution in [2.75, 3.05) is 88.4 Å².